The zero-order chi connectivity index (χ0) is 18.6. The summed E-state index contributed by atoms with van der Waals surface area (Å²) in [4.78, 5) is 42.5. The summed E-state index contributed by atoms with van der Waals surface area (Å²) in [6.45, 7) is 1.59. The van der Waals surface area contributed by atoms with E-state index < -0.39 is 11.2 Å². The first-order valence-electron chi connectivity index (χ1n) is 8.12. The van der Waals surface area contributed by atoms with Crippen molar-refractivity contribution in [3.63, 3.8) is 0 Å². The number of hydrogen-bond acceptors (Lipinski definition) is 4. The fourth-order valence-electron chi connectivity index (χ4n) is 3.12. The second kappa shape index (κ2) is 5.55. The second-order valence-corrected chi connectivity index (χ2v) is 6.31. The van der Waals surface area contributed by atoms with Crippen LogP contribution in [0.2, 0.25) is 0 Å². The Morgan fingerprint density at radius 2 is 1.77 bits per heavy atom. The van der Waals surface area contributed by atoms with Crippen LogP contribution in [0.5, 0.6) is 0 Å². The average molecular weight is 351 g/mol. The molecule has 0 unspecified atom stereocenters. The van der Waals surface area contributed by atoms with Gasteiger partial charge in [-0.3, -0.25) is 23.1 Å². The number of carbonyl (C=O) groups is 1. The van der Waals surface area contributed by atoms with E-state index in [1.54, 1.807) is 48.0 Å². The van der Waals surface area contributed by atoms with Crippen molar-refractivity contribution in [2.24, 2.45) is 14.1 Å². The summed E-state index contributed by atoms with van der Waals surface area (Å²) in [5.41, 5.74) is 0.878. The van der Waals surface area contributed by atoms with E-state index in [1.807, 2.05) is 18.5 Å². The number of aromatic nitrogens is 5. The van der Waals surface area contributed by atoms with Gasteiger partial charge in [-0.15, -0.1) is 0 Å². The Morgan fingerprint density at radius 1 is 1.08 bits per heavy atom. The van der Waals surface area contributed by atoms with Crippen LogP contribution in [0.4, 0.5) is 0 Å². The number of Topliss-reactive ketones (excluding diaryl/α,β-unsaturated/α-hetero) is 1. The molecule has 8 nitrogen and oxygen atoms in total. The van der Waals surface area contributed by atoms with Crippen molar-refractivity contribution >= 4 is 22.7 Å². The number of ketones is 1. The standard InChI is InChI=1S/C18H17N5O3/c1-11-9-22-14-15(19-17(22)20(11)2)21(3)18(26)23(16(14)25)10-13(24)12-7-5-4-6-8-12/h4-9H,10H2,1-3H3. The summed E-state index contributed by atoms with van der Waals surface area (Å²) in [7, 11) is 3.39. The Balaban J connectivity index is 1.97. The van der Waals surface area contributed by atoms with Gasteiger partial charge in [-0.1, -0.05) is 30.3 Å². The Bertz CT molecular complexity index is 1290. The van der Waals surface area contributed by atoms with Gasteiger partial charge in [0.2, 0.25) is 5.78 Å². The van der Waals surface area contributed by atoms with Crippen LogP contribution in [-0.4, -0.2) is 28.9 Å². The number of nitrogens with zero attached hydrogens (tertiary/aromatic N) is 5. The van der Waals surface area contributed by atoms with Gasteiger partial charge >= 0.3 is 5.69 Å². The molecule has 0 saturated carbocycles. The smallest absolute Gasteiger partial charge is 0.317 e. The van der Waals surface area contributed by atoms with E-state index in [1.165, 1.54) is 4.57 Å². The Morgan fingerprint density at radius 3 is 2.46 bits per heavy atom. The number of rotatable bonds is 3. The predicted octanol–water partition coefficient (Wildman–Crippen LogP) is 0.878. The van der Waals surface area contributed by atoms with Gasteiger partial charge in [0.25, 0.3) is 5.56 Å². The molecule has 1 aromatic carbocycles. The summed E-state index contributed by atoms with van der Waals surface area (Å²) in [5, 5.41) is 0. The van der Waals surface area contributed by atoms with Crippen LogP contribution in [0.1, 0.15) is 16.1 Å². The molecule has 4 rings (SSSR count). The van der Waals surface area contributed by atoms with Crippen molar-refractivity contribution in [3.8, 4) is 0 Å². The molecule has 0 fully saturated rings. The molecule has 132 valence electrons. The lowest BCUT2D eigenvalue weighted by Crippen LogP contribution is -2.41. The molecule has 4 aromatic rings. The molecule has 0 spiro atoms. The highest BCUT2D eigenvalue weighted by Gasteiger charge is 2.20. The van der Waals surface area contributed by atoms with Crippen LogP contribution in [0.3, 0.4) is 0 Å². The molecule has 0 radical (unpaired) electrons. The van der Waals surface area contributed by atoms with Gasteiger partial charge in [0.1, 0.15) is 0 Å². The lowest BCUT2D eigenvalue weighted by molar-refractivity contribution is 0.0969. The first kappa shape index (κ1) is 16.1. The Labute approximate surface area is 147 Å². The van der Waals surface area contributed by atoms with E-state index in [0.717, 1.165) is 10.3 Å². The van der Waals surface area contributed by atoms with Crippen LogP contribution in [0.25, 0.3) is 16.9 Å². The lowest BCUT2D eigenvalue weighted by Gasteiger charge is -2.07. The van der Waals surface area contributed by atoms with Gasteiger partial charge < -0.3 is 4.57 Å². The maximum absolute atomic E-state index is 13.0. The summed E-state index contributed by atoms with van der Waals surface area (Å²) < 4.78 is 5.77. The third-order valence-corrected chi connectivity index (χ3v) is 4.70. The SMILES string of the molecule is Cc1cn2c3c(=O)n(CC(=O)c4ccccc4)c(=O)n(C)c3nc2n1C. The molecule has 0 aliphatic heterocycles. The van der Waals surface area contributed by atoms with Gasteiger partial charge in [0, 0.05) is 31.5 Å². The molecule has 3 heterocycles. The van der Waals surface area contributed by atoms with Crippen LogP contribution < -0.4 is 11.2 Å². The molecule has 26 heavy (non-hydrogen) atoms. The fourth-order valence-corrected chi connectivity index (χ4v) is 3.12. The van der Waals surface area contributed by atoms with Crippen molar-refractivity contribution in [3.05, 3.63) is 68.6 Å². The normalized spacial score (nSPS) is 11.5. The maximum atomic E-state index is 13.0. The molecule has 0 N–H and O–H groups in total. The first-order valence-corrected chi connectivity index (χ1v) is 8.12. The van der Waals surface area contributed by atoms with E-state index in [9.17, 15) is 14.4 Å². The molecule has 0 bridgehead atoms. The summed E-state index contributed by atoms with van der Waals surface area (Å²) in [6.07, 6.45) is 1.79. The number of carbonyl (C=O) groups excluding carboxylic acids is 1. The summed E-state index contributed by atoms with van der Waals surface area (Å²) in [6, 6.07) is 8.60. The van der Waals surface area contributed by atoms with Crippen LogP contribution in [0.15, 0.2) is 46.1 Å². The Kier molecular flexibility index (Phi) is 3.43. The largest absolute Gasteiger partial charge is 0.332 e. The minimum atomic E-state index is -0.563. The molecular formula is C18H17N5O3. The predicted molar refractivity (Wildman–Crippen MR) is 96.7 cm³/mol. The van der Waals surface area contributed by atoms with E-state index in [-0.39, 0.29) is 17.8 Å². The minimum Gasteiger partial charge on any atom is -0.317 e. The molecular weight excluding hydrogens is 334 g/mol. The number of aryl methyl sites for hydroxylation is 3. The lowest BCUT2D eigenvalue weighted by atomic mass is 10.1. The minimum absolute atomic E-state index is 0.284. The van der Waals surface area contributed by atoms with Gasteiger partial charge in [-0.25, -0.2) is 4.79 Å². The van der Waals surface area contributed by atoms with Gasteiger partial charge in [-0.05, 0) is 6.92 Å². The average Bonchev–Trinajstić information content (AvgIpc) is 3.14. The fraction of sp³-hybridized carbons (Fsp3) is 0.222. The van der Waals surface area contributed by atoms with Crippen molar-refractivity contribution < 1.29 is 4.79 Å². The van der Waals surface area contributed by atoms with E-state index in [4.69, 9.17) is 0 Å². The highest BCUT2D eigenvalue weighted by atomic mass is 16.2. The topological polar surface area (TPSA) is 83.3 Å². The summed E-state index contributed by atoms with van der Waals surface area (Å²) >= 11 is 0. The third-order valence-electron chi connectivity index (χ3n) is 4.70. The molecule has 0 saturated heterocycles. The molecule has 3 aromatic heterocycles. The number of hydrogen-bond donors (Lipinski definition) is 0. The van der Waals surface area contributed by atoms with Crippen LogP contribution in [0, 0.1) is 6.92 Å². The molecule has 0 atom stereocenters. The monoisotopic (exact) mass is 351 g/mol. The summed E-state index contributed by atoms with van der Waals surface area (Å²) in [5.74, 6) is 0.269. The van der Waals surface area contributed by atoms with Gasteiger partial charge in [-0.2, -0.15) is 4.98 Å². The highest BCUT2D eigenvalue weighted by molar-refractivity contribution is 5.95. The quantitative estimate of drug-likeness (QED) is 0.513. The van der Waals surface area contributed by atoms with Crippen LogP contribution >= 0.6 is 0 Å². The van der Waals surface area contributed by atoms with Crippen molar-refractivity contribution in [2.45, 2.75) is 13.5 Å². The van der Waals surface area contributed by atoms with E-state index in [0.29, 0.717) is 17.0 Å². The molecule has 0 amide bonds. The molecule has 8 heteroatoms. The zero-order valence-electron chi connectivity index (χ0n) is 14.6. The second-order valence-electron chi connectivity index (χ2n) is 6.31. The van der Waals surface area contributed by atoms with E-state index in [2.05, 4.69) is 4.98 Å². The highest BCUT2D eigenvalue weighted by Crippen LogP contribution is 2.14. The van der Waals surface area contributed by atoms with E-state index >= 15 is 0 Å². The van der Waals surface area contributed by atoms with Crippen LogP contribution in [-0.2, 0) is 20.6 Å². The first-order chi connectivity index (χ1) is 12.4. The third kappa shape index (κ3) is 2.15. The van der Waals surface area contributed by atoms with Crippen molar-refractivity contribution in [1.82, 2.24) is 23.1 Å². The van der Waals surface area contributed by atoms with Gasteiger partial charge in [0.05, 0.1) is 6.54 Å². The molecule has 0 aliphatic rings. The number of benzene rings is 1. The van der Waals surface area contributed by atoms with Crippen molar-refractivity contribution in [1.29, 1.82) is 0 Å². The number of imidazole rings is 2. The maximum Gasteiger partial charge on any atom is 0.332 e. The zero-order valence-corrected chi connectivity index (χ0v) is 14.6. The number of fused-ring (bicyclic) bond motifs is 3. The Hall–Kier alpha value is -3.42. The molecule has 0 aliphatic carbocycles. The van der Waals surface area contributed by atoms with Gasteiger partial charge in [0.15, 0.2) is 16.9 Å². The van der Waals surface area contributed by atoms with Crippen molar-refractivity contribution in [2.75, 3.05) is 0 Å².